The molecule has 2 aliphatic rings. The van der Waals surface area contributed by atoms with Crippen LogP contribution in [0, 0.1) is 5.92 Å². The number of hydrogen-bond donors (Lipinski definition) is 2. The second-order valence-electron chi connectivity index (χ2n) is 5.35. The van der Waals surface area contributed by atoms with Crippen molar-refractivity contribution in [1.82, 2.24) is 9.97 Å². The normalized spacial score (nSPS) is 27.7. The Morgan fingerprint density at radius 3 is 2.89 bits per heavy atom. The van der Waals surface area contributed by atoms with E-state index >= 15 is 0 Å². The van der Waals surface area contributed by atoms with Crippen molar-refractivity contribution in [2.45, 2.75) is 44.6 Å². The first-order valence-corrected chi connectivity index (χ1v) is 6.94. The highest BCUT2D eigenvalue weighted by atomic mass is 15.3. The molecule has 1 aromatic rings. The lowest BCUT2D eigenvalue weighted by molar-refractivity contribution is 0.242. The fraction of sp³-hybridized carbons (Fsp3) is 0.692. The quantitative estimate of drug-likeness (QED) is 0.617. The average molecular weight is 247 g/mol. The molecule has 1 aliphatic heterocycles. The van der Waals surface area contributed by atoms with Crippen LogP contribution in [0.4, 0.5) is 11.6 Å². The van der Waals surface area contributed by atoms with Crippen molar-refractivity contribution < 1.29 is 0 Å². The van der Waals surface area contributed by atoms with Gasteiger partial charge in [0.2, 0.25) is 0 Å². The standard InChI is InChI=1S/C13H21N5/c14-17-12-8-15-9-13(16-12)18-7-3-5-10-4-1-2-6-11(10)18/h8-11H,1-7,14H2,(H,16,17)/t10-,11-/m1/s1. The fourth-order valence-electron chi connectivity index (χ4n) is 3.47. The zero-order valence-electron chi connectivity index (χ0n) is 10.7. The van der Waals surface area contributed by atoms with Crippen molar-refractivity contribution >= 4 is 11.6 Å². The Balaban J connectivity index is 1.84. The van der Waals surface area contributed by atoms with E-state index in [4.69, 9.17) is 5.84 Å². The number of nitrogen functional groups attached to an aromatic ring is 1. The van der Waals surface area contributed by atoms with Crippen molar-refractivity contribution in [3.63, 3.8) is 0 Å². The van der Waals surface area contributed by atoms with Crippen LogP contribution in [0.1, 0.15) is 38.5 Å². The third kappa shape index (κ3) is 2.14. The van der Waals surface area contributed by atoms with Crippen LogP contribution in [0.3, 0.4) is 0 Å². The predicted molar refractivity (Wildman–Crippen MR) is 72.2 cm³/mol. The Hall–Kier alpha value is -1.36. The van der Waals surface area contributed by atoms with Gasteiger partial charge in [-0.05, 0) is 31.6 Å². The monoisotopic (exact) mass is 247 g/mol. The Kier molecular flexibility index (Phi) is 3.32. The van der Waals surface area contributed by atoms with E-state index in [0.29, 0.717) is 11.9 Å². The number of anilines is 2. The van der Waals surface area contributed by atoms with Gasteiger partial charge in [-0.3, -0.25) is 4.98 Å². The van der Waals surface area contributed by atoms with Crippen molar-refractivity contribution in [3.05, 3.63) is 12.4 Å². The van der Waals surface area contributed by atoms with E-state index in [-0.39, 0.29) is 0 Å². The highest BCUT2D eigenvalue weighted by Crippen LogP contribution is 2.37. The first kappa shape index (κ1) is 11.7. The SMILES string of the molecule is NNc1cncc(N2CCC[C@H]3CCCC[C@H]32)n1. The number of nitrogens with zero attached hydrogens (tertiary/aromatic N) is 3. The molecule has 0 spiro atoms. The Morgan fingerprint density at radius 2 is 2.00 bits per heavy atom. The lowest BCUT2D eigenvalue weighted by Crippen LogP contribution is -2.47. The molecule has 0 unspecified atom stereocenters. The van der Waals surface area contributed by atoms with E-state index in [0.717, 1.165) is 18.3 Å². The van der Waals surface area contributed by atoms with Crippen molar-refractivity contribution in [3.8, 4) is 0 Å². The van der Waals surface area contributed by atoms with Gasteiger partial charge in [0.15, 0.2) is 5.82 Å². The molecular formula is C13H21N5. The van der Waals surface area contributed by atoms with Crippen molar-refractivity contribution in [2.75, 3.05) is 16.9 Å². The third-order valence-corrected chi connectivity index (χ3v) is 4.31. The summed E-state index contributed by atoms with van der Waals surface area (Å²) < 4.78 is 0. The van der Waals surface area contributed by atoms with Gasteiger partial charge in [-0.25, -0.2) is 10.8 Å². The second kappa shape index (κ2) is 5.10. The molecular weight excluding hydrogens is 226 g/mol. The molecule has 3 N–H and O–H groups in total. The van der Waals surface area contributed by atoms with E-state index in [9.17, 15) is 0 Å². The van der Waals surface area contributed by atoms with Gasteiger partial charge < -0.3 is 10.3 Å². The first-order chi connectivity index (χ1) is 8.88. The van der Waals surface area contributed by atoms with Crippen LogP contribution >= 0.6 is 0 Å². The molecule has 1 aromatic heterocycles. The van der Waals surface area contributed by atoms with Gasteiger partial charge >= 0.3 is 0 Å². The minimum atomic E-state index is 0.644. The topological polar surface area (TPSA) is 67.1 Å². The Bertz CT molecular complexity index is 406. The van der Waals surface area contributed by atoms with Crippen LogP contribution in [0.2, 0.25) is 0 Å². The summed E-state index contributed by atoms with van der Waals surface area (Å²) in [4.78, 5) is 11.2. The molecule has 5 nitrogen and oxygen atoms in total. The molecule has 2 heterocycles. The smallest absolute Gasteiger partial charge is 0.160 e. The number of hydrogen-bond acceptors (Lipinski definition) is 5. The molecule has 18 heavy (non-hydrogen) atoms. The van der Waals surface area contributed by atoms with E-state index in [1.807, 2.05) is 6.20 Å². The molecule has 1 saturated heterocycles. The van der Waals surface area contributed by atoms with Gasteiger partial charge in [0.25, 0.3) is 0 Å². The summed E-state index contributed by atoms with van der Waals surface area (Å²) in [5.41, 5.74) is 2.58. The van der Waals surface area contributed by atoms with Crippen molar-refractivity contribution in [2.24, 2.45) is 11.8 Å². The molecule has 0 bridgehead atoms. The summed E-state index contributed by atoms with van der Waals surface area (Å²) in [6.45, 7) is 1.10. The lowest BCUT2D eigenvalue weighted by Gasteiger charge is -2.44. The first-order valence-electron chi connectivity index (χ1n) is 6.94. The van der Waals surface area contributed by atoms with Crippen molar-refractivity contribution in [1.29, 1.82) is 0 Å². The summed E-state index contributed by atoms with van der Waals surface area (Å²) in [5.74, 6) is 7.88. The van der Waals surface area contributed by atoms with E-state index in [2.05, 4.69) is 20.3 Å². The minimum Gasteiger partial charge on any atom is -0.352 e. The summed E-state index contributed by atoms with van der Waals surface area (Å²) in [5, 5.41) is 0. The van der Waals surface area contributed by atoms with Gasteiger partial charge in [-0.15, -0.1) is 0 Å². The number of piperidine rings is 1. The maximum Gasteiger partial charge on any atom is 0.160 e. The lowest BCUT2D eigenvalue weighted by atomic mass is 9.78. The summed E-state index contributed by atoms with van der Waals surface area (Å²) in [6.07, 6.45) is 11.6. The highest BCUT2D eigenvalue weighted by molar-refractivity contribution is 5.44. The summed E-state index contributed by atoms with van der Waals surface area (Å²) in [6, 6.07) is 0.662. The van der Waals surface area contributed by atoms with Crippen LogP contribution in [-0.4, -0.2) is 22.6 Å². The van der Waals surface area contributed by atoms with Gasteiger partial charge in [-0.1, -0.05) is 12.8 Å². The van der Waals surface area contributed by atoms with Crippen LogP contribution in [0.25, 0.3) is 0 Å². The zero-order chi connectivity index (χ0) is 12.4. The average Bonchev–Trinajstić information content (AvgIpc) is 2.47. The summed E-state index contributed by atoms with van der Waals surface area (Å²) in [7, 11) is 0. The van der Waals surface area contributed by atoms with E-state index in [1.54, 1.807) is 6.20 Å². The molecule has 0 radical (unpaired) electrons. The zero-order valence-corrected chi connectivity index (χ0v) is 10.7. The van der Waals surface area contributed by atoms with Crippen LogP contribution in [0.15, 0.2) is 12.4 Å². The molecule has 98 valence electrons. The van der Waals surface area contributed by atoms with Gasteiger partial charge in [-0.2, -0.15) is 0 Å². The molecule has 2 fully saturated rings. The largest absolute Gasteiger partial charge is 0.352 e. The predicted octanol–water partition coefficient (Wildman–Crippen LogP) is 1.92. The Morgan fingerprint density at radius 1 is 1.17 bits per heavy atom. The Labute approximate surface area is 108 Å². The fourth-order valence-corrected chi connectivity index (χ4v) is 3.47. The van der Waals surface area contributed by atoms with Gasteiger partial charge in [0.05, 0.1) is 12.4 Å². The number of fused-ring (bicyclic) bond motifs is 1. The second-order valence-corrected chi connectivity index (χ2v) is 5.35. The number of aromatic nitrogens is 2. The van der Waals surface area contributed by atoms with Gasteiger partial charge in [0.1, 0.15) is 5.82 Å². The molecule has 2 atom stereocenters. The number of rotatable bonds is 2. The highest BCUT2D eigenvalue weighted by Gasteiger charge is 2.33. The number of nitrogens with two attached hydrogens (primary N) is 1. The summed E-state index contributed by atoms with van der Waals surface area (Å²) >= 11 is 0. The third-order valence-electron chi connectivity index (χ3n) is 4.31. The van der Waals surface area contributed by atoms with Gasteiger partial charge in [0, 0.05) is 12.6 Å². The maximum atomic E-state index is 5.41. The molecule has 0 amide bonds. The van der Waals surface area contributed by atoms with E-state index in [1.165, 1.54) is 38.5 Å². The number of hydrazine groups is 1. The van der Waals surface area contributed by atoms with Crippen LogP contribution < -0.4 is 16.2 Å². The maximum absolute atomic E-state index is 5.41. The molecule has 5 heteroatoms. The number of nitrogens with one attached hydrogen (secondary N) is 1. The van der Waals surface area contributed by atoms with Crippen LogP contribution in [-0.2, 0) is 0 Å². The molecule has 1 saturated carbocycles. The minimum absolute atomic E-state index is 0.644. The molecule has 3 rings (SSSR count). The van der Waals surface area contributed by atoms with E-state index < -0.39 is 0 Å². The molecule has 0 aromatic carbocycles. The molecule has 1 aliphatic carbocycles. The van der Waals surface area contributed by atoms with Crippen LogP contribution in [0.5, 0.6) is 0 Å².